The van der Waals surface area contributed by atoms with Crippen molar-refractivity contribution >= 4 is 17.7 Å². The number of aromatic nitrogens is 3. The molecule has 1 aromatic heterocycles. The van der Waals surface area contributed by atoms with Gasteiger partial charge in [0.1, 0.15) is 5.82 Å². The molecule has 6 nitrogen and oxygen atoms in total. The highest BCUT2D eigenvalue weighted by molar-refractivity contribution is 7.99. The molecule has 0 spiro atoms. The van der Waals surface area contributed by atoms with Gasteiger partial charge < -0.3 is 10.7 Å². The number of thioether (sulfide) groups is 1. The lowest BCUT2D eigenvalue weighted by atomic mass is 9.99. The third-order valence-corrected chi connectivity index (χ3v) is 5.16. The zero-order valence-electron chi connectivity index (χ0n) is 13.5. The smallest absolute Gasteiger partial charge is 0.233 e. The first-order valence-electron chi connectivity index (χ1n) is 7.91. The van der Waals surface area contributed by atoms with E-state index in [1.54, 1.807) is 12.1 Å². The van der Waals surface area contributed by atoms with Crippen molar-refractivity contribution in [3.8, 4) is 11.4 Å². The maximum absolute atomic E-state index is 13.0. The van der Waals surface area contributed by atoms with E-state index in [1.165, 1.54) is 28.6 Å². The van der Waals surface area contributed by atoms with Crippen LogP contribution in [0.15, 0.2) is 29.4 Å². The van der Waals surface area contributed by atoms with E-state index >= 15 is 0 Å². The SMILES string of the molecule is CC1CCN(C(=O)CSc2nnc(-c3ccc(F)cc3)n2N)CC1. The van der Waals surface area contributed by atoms with Crippen LogP contribution in [0.25, 0.3) is 11.4 Å². The fraction of sp³-hybridized carbons (Fsp3) is 0.438. The van der Waals surface area contributed by atoms with Gasteiger partial charge >= 0.3 is 0 Å². The van der Waals surface area contributed by atoms with Gasteiger partial charge in [0.05, 0.1) is 5.75 Å². The lowest BCUT2D eigenvalue weighted by molar-refractivity contribution is -0.129. The van der Waals surface area contributed by atoms with Gasteiger partial charge in [0.2, 0.25) is 11.1 Å². The molecule has 2 heterocycles. The predicted octanol–water partition coefficient (Wildman–Crippen LogP) is 2.15. The Labute approximate surface area is 144 Å². The summed E-state index contributed by atoms with van der Waals surface area (Å²) in [5.41, 5.74) is 0.676. The lowest BCUT2D eigenvalue weighted by Gasteiger charge is -2.30. The van der Waals surface area contributed by atoms with E-state index in [9.17, 15) is 9.18 Å². The molecule has 1 aliphatic heterocycles. The van der Waals surface area contributed by atoms with Crippen LogP contribution in [0.5, 0.6) is 0 Å². The Bertz CT molecular complexity index is 710. The molecule has 24 heavy (non-hydrogen) atoms. The van der Waals surface area contributed by atoms with E-state index in [1.807, 2.05) is 4.90 Å². The van der Waals surface area contributed by atoms with Gasteiger partial charge in [0.15, 0.2) is 5.82 Å². The summed E-state index contributed by atoms with van der Waals surface area (Å²) in [5, 5.41) is 8.53. The summed E-state index contributed by atoms with van der Waals surface area (Å²) in [6.45, 7) is 3.85. The third kappa shape index (κ3) is 3.69. The fourth-order valence-electron chi connectivity index (χ4n) is 2.65. The van der Waals surface area contributed by atoms with Crippen LogP contribution in [0.4, 0.5) is 4.39 Å². The number of nitrogens with zero attached hydrogens (tertiary/aromatic N) is 4. The summed E-state index contributed by atoms with van der Waals surface area (Å²) >= 11 is 1.27. The number of carbonyl (C=O) groups is 1. The minimum atomic E-state index is -0.321. The van der Waals surface area contributed by atoms with Gasteiger partial charge in [-0.1, -0.05) is 18.7 Å². The van der Waals surface area contributed by atoms with Crippen LogP contribution in [-0.4, -0.2) is 44.5 Å². The van der Waals surface area contributed by atoms with Crippen molar-refractivity contribution in [1.29, 1.82) is 0 Å². The quantitative estimate of drug-likeness (QED) is 0.676. The molecule has 0 aliphatic carbocycles. The van der Waals surface area contributed by atoms with Crippen molar-refractivity contribution in [3.05, 3.63) is 30.1 Å². The monoisotopic (exact) mass is 349 g/mol. The minimum Gasteiger partial charge on any atom is -0.342 e. The molecule has 0 unspecified atom stereocenters. The first-order chi connectivity index (χ1) is 11.5. The summed E-state index contributed by atoms with van der Waals surface area (Å²) in [7, 11) is 0. The fourth-order valence-corrected chi connectivity index (χ4v) is 3.41. The maximum atomic E-state index is 13.0. The molecule has 8 heteroatoms. The van der Waals surface area contributed by atoms with Gasteiger partial charge in [-0.25, -0.2) is 9.07 Å². The van der Waals surface area contributed by atoms with E-state index < -0.39 is 0 Å². The molecule has 2 aromatic rings. The standard InChI is InChI=1S/C16H20FN5OS/c1-11-6-8-21(9-7-11)14(23)10-24-16-20-19-15(22(16)18)12-2-4-13(17)5-3-12/h2-5,11H,6-10,18H2,1H3. The number of piperidine rings is 1. The molecule has 1 aromatic carbocycles. The second kappa shape index (κ2) is 7.21. The number of benzene rings is 1. The van der Waals surface area contributed by atoms with E-state index in [4.69, 9.17) is 5.84 Å². The van der Waals surface area contributed by atoms with E-state index in [0.717, 1.165) is 25.9 Å². The van der Waals surface area contributed by atoms with Crippen molar-refractivity contribution in [1.82, 2.24) is 19.8 Å². The third-order valence-electron chi connectivity index (χ3n) is 4.23. The highest BCUT2D eigenvalue weighted by Gasteiger charge is 2.21. The van der Waals surface area contributed by atoms with Gasteiger partial charge in [0.25, 0.3) is 0 Å². The second-order valence-corrected chi connectivity index (χ2v) is 6.98. The number of halogens is 1. The molecule has 2 N–H and O–H groups in total. The van der Waals surface area contributed by atoms with Gasteiger partial charge in [-0.15, -0.1) is 10.2 Å². The van der Waals surface area contributed by atoms with Gasteiger partial charge in [-0.3, -0.25) is 4.79 Å². The van der Waals surface area contributed by atoms with Gasteiger partial charge in [-0.05, 0) is 43.0 Å². The molecule has 1 saturated heterocycles. The predicted molar refractivity (Wildman–Crippen MR) is 91.3 cm³/mol. The Morgan fingerprint density at radius 2 is 1.96 bits per heavy atom. The average molecular weight is 349 g/mol. The summed E-state index contributed by atoms with van der Waals surface area (Å²) in [6.07, 6.45) is 2.11. The van der Waals surface area contributed by atoms with Gasteiger partial charge in [0, 0.05) is 18.7 Å². The molecule has 1 fully saturated rings. The van der Waals surface area contributed by atoms with Crippen molar-refractivity contribution in [2.45, 2.75) is 24.9 Å². The Hall–Kier alpha value is -2.09. The first kappa shape index (κ1) is 16.8. The molecule has 0 bridgehead atoms. The maximum Gasteiger partial charge on any atom is 0.233 e. The molecular weight excluding hydrogens is 329 g/mol. The Morgan fingerprint density at radius 3 is 2.62 bits per heavy atom. The van der Waals surface area contributed by atoms with Crippen LogP contribution in [0, 0.1) is 11.7 Å². The molecule has 3 rings (SSSR count). The van der Waals surface area contributed by atoms with Gasteiger partial charge in [-0.2, -0.15) is 0 Å². The Kier molecular flexibility index (Phi) is 5.03. The van der Waals surface area contributed by atoms with Crippen LogP contribution in [-0.2, 0) is 4.79 Å². The highest BCUT2D eigenvalue weighted by atomic mass is 32.2. The zero-order chi connectivity index (χ0) is 17.1. The molecule has 1 aliphatic rings. The van der Waals surface area contributed by atoms with Crippen LogP contribution < -0.4 is 5.84 Å². The number of rotatable bonds is 4. The van der Waals surface area contributed by atoms with Crippen molar-refractivity contribution in [2.24, 2.45) is 5.92 Å². The minimum absolute atomic E-state index is 0.0956. The number of hydrogen-bond acceptors (Lipinski definition) is 5. The number of likely N-dealkylation sites (tertiary alicyclic amines) is 1. The summed E-state index contributed by atoms with van der Waals surface area (Å²) in [4.78, 5) is 14.2. The summed E-state index contributed by atoms with van der Waals surface area (Å²) in [5.74, 6) is 7.20. The van der Waals surface area contributed by atoms with Crippen LogP contribution in [0.2, 0.25) is 0 Å². The van der Waals surface area contributed by atoms with E-state index in [0.29, 0.717) is 22.5 Å². The molecule has 1 amide bonds. The molecule has 128 valence electrons. The van der Waals surface area contributed by atoms with Crippen molar-refractivity contribution in [3.63, 3.8) is 0 Å². The van der Waals surface area contributed by atoms with E-state index in [2.05, 4.69) is 17.1 Å². The zero-order valence-corrected chi connectivity index (χ0v) is 14.3. The normalized spacial score (nSPS) is 15.7. The van der Waals surface area contributed by atoms with Crippen molar-refractivity contribution < 1.29 is 9.18 Å². The highest BCUT2D eigenvalue weighted by Crippen LogP contribution is 2.23. The molecule has 0 saturated carbocycles. The van der Waals surface area contributed by atoms with Crippen LogP contribution in [0.3, 0.4) is 0 Å². The topological polar surface area (TPSA) is 77.0 Å². The van der Waals surface area contributed by atoms with E-state index in [-0.39, 0.29) is 17.5 Å². The number of carbonyl (C=O) groups excluding carboxylic acids is 1. The molecule has 0 atom stereocenters. The number of hydrogen-bond donors (Lipinski definition) is 1. The van der Waals surface area contributed by atoms with Crippen molar-refractivity contribution in [2.75, 3.05) is 24.7 Å². The number of amides is 1. The number of nitrogen functional groups attached to an aromatic ring is 1. The Balaban J connectivity index is 1.62. The average Bonchev–Trinajstić information content (AvgIpc) is 2.95. The number of nitrogens with two attached hydrogens (primary N) is 1. The lowest BCUT2D eigenvalue weighted by Crippen LogP contribution is -2.39. The van der Waals surface area contributed by atoms with Crippen LogP contribution in [0.1, 0.15) is 19.8 Å². The van der Waals surface area contributed by atoms with Crippen LogP contribution >= 0.6 is 11.8 Å². The largest absolute Gasteiger partial charge is 0.342 e. The Morgan fingerprint density at radius 1 is 1.29 bits per heavy atom. The first-order valence-corrected chi connectivity index (χ1v) is 8.90. The molecular formula is C16H20FN5OS. The summed E-state index contributed by atoms with van der Waals surface area (Å²) in [6, 6.07) is 5.88. The summed E-state index contributed by atoms with van der Waals surface area (Å²) < 4.78 is 14.3. The second-order valence-electron chi connectivity index (χ2n) is 6.04. The molecule has 0 radical (unpaired) electrons.